The van der Waals surface area contributed by atoms with E-state index in [0.29, 0.717) is 5.88 Å². The molecule has 0 aliphatic rings. The fourth-order valence-electron chi connectivity index (χ4n) is 2.78. The quantitative estimate of drug-likeness (QED) is 0.522. The molecule has 0 amide bonds. The molecule has 0 fully saturated rings. The summed E-state index contributed by atoms with van der Waals surface area (Å²) in [6, 6.07) is 17.7. The fraction of sp³-hybridized carbons (Fsp3) is 0. The summed E-state index contributed by atoms with van der Waals surface area (Å²) in [4.78, 5) is 12.7. The Bertz CT molecular complexity index is 1050. The van der Waals surface area contributed by atoms with Crippen molar-refractivity contribution in [1.82, 2.24) is 15.0 Å². The number of aromatic nitrogens is 3. The van der Waals surface area contributed by atoms with Crippen LogP contribution in [0.1, 0.15) is 5.56 Å². The molecule has 2 aromatic heterocycles. The van der Waals surface area contributed by atoms with E-state index in [9.17, 15) is 0 Å². The van der Waals surface area contributed by atoms with Gasteiger partial charge in [0, 0.05) is 17.8 Å². The molecule has 0 bridgehead atoms. The molecule has 4 heteroatoms. The summed E-state index contributed by atoms with van der Waals surface area (Å²) in [7, 11) is 0. The number of ether oxygens (including phenoxy) is 1. The van der Waals surface area contributed by atoms with E-state index in [1.54, 1.807) is 12.4 Å². The summed E-state index contributed by atoms with van der Waals surface area (Å²) in [6.45, 7) is 3.88. The third-order valence-corrected chi connectivity index (χ3v) is 3.97. The summed E-state index contributed by atoms with van der Waals surface area (Å²) in [5.74, 6) is 1.26. The highest BCUT2D eigenvalue weighted by molar-refractivity contribution is 5.95. The van der Waals surface area contributed by atoms with Gasteiger partial charge in [-0.2, -0.15) is 0 Å². The monoisotopic (exact) mass is 325 g/mol. The van der Waals surface area contributed by atoms with Crippen molar-refractivity contribution >= 4 is 16.8 Å². The van der Waals surface area contributed by atoms with E-state index in [0.717, 1.165) is 33.3 Å². The highest BCUT2D eigenvalue weighted by atomic mass is 16.5. The minimum Gasteiger partial charge on any atom is -0.438 e. The maximum absolute atomic E-state index is 6.17. The first-order valence-corrected chi connectivity index (χ1v) is 7.90. The molecule has 120 valence electrons. The molecular formula is C21H15N3O. The van der Waals surface area contributed by atoms with Crippen LogP contribution < -0.4 is 4.74 Å². The Kier molecular flexibility index (Phi) is 3.92. The lowest BCUT2D eigenvalue weighted by Crippen LogP contribution is -1.94. The molecule has 2 heterocycles. The SMILES string of the molecule is C=Cc1ccc(Oc2ncccc2-c2ccncn2)c2ccccc12. The summed E-state index contributed by atoms with van der Waals surface area (Å²) in [5, 5.41) is 2.11. The molecule has 0 aliphatic heterocycles. The van der Waals surface area contributed by atoms with E-state index in [1.165, 1.54) is 6.33 Å². The van der Waals surface area contributed by atoms with E-state index in [1.807, 2.05) is 54.6 Å². The van der Waals surface area contributed by atoms with Crippen LogP contribution in [-0.4, -0.2) is 15.0 Å². The van der Waals surface area contributed by atoms with Gasteiger partial charge in [-0.05, 0) is 35.2 Å². The van der Waals surface area contributed by atoms with Crippen molar-refractivity contribution in [3.8, 4) is 22.9 Å². The zero-order chi connectivity index (χ0) is 17.1. The molecular weight excluding hydrogens is 310 g/mol. The lowest BCUT2D eigenvalue weighted by molar-refractivity contribution is 0.470. The molecule has 4 nitrogen and oxygen atoms in total. The maximum Gasteiger partial charge on any atom is 0.228 e. The molecule has 4 aromatic rings. The molecule has 0 N–H and O–H groups in total. The summed E-state index contributed by atoms with van der Waals surface area (Å²) < 4.78 is 6.17. The summed E-state index contributed by atoms with van der Waals surface area (Å²) in [6.07, 6.45) is 6.77. The van der Waals surface area contributed by atoms with Crippen LogP contribution in [0.5, 0.6) is 11.6 Å². The van der Waals surface area contributed by atoms with Gasteiger partial charge in [0.1, 0.15) is 12.1 Å². The van der Waals surface area contributed by atoms with E-state index < -0.39 is 0 Å². The first-order chi connectivity index (χ1) is 12.4. The van der Waals surface area contributed by atoms with Crippen LogP contribution in [0, 0.1) is 0 Å². The van der Waals surface area contributed by atoms with Crippen molar-refractivity contribution in [1.29, 1.82) is 0 Å². The van der Waals surface area contributed by atoms with Crippen LogP contribution in [0.2, 0.25) is 0 Å². The van der Waals surface area contributed by atoms with Gasteiger partial charge in [-0.25, -0.2) is 15.0 Å². The topological polar surface area (TPSA) is 47.9 Å². The Labute approximate surface area is 145 Å². The minimum absolute atomic E-state index is 0.512. The lowest BCUT2D eigenvalue weighted by atomic mass is 10.0. The maximum atomic E-state index is 6.17. The molecule has 0 unspecified atom stereocenters. The van der Waals surface area contributed by atoms with Crippen LogP contribution in [0.3, 0.4) is 0 Å². The van der Waals surface area contributed by atoms with Crippen molar-refractivity contribution in [2.24, 2.45) is 0 Å². The highest BCUT2D eigenvalue weighted by Crippen LogP contribution is 2.35. The zero-order valence-electron chi connectivity index (χ0n) is 13.5. The second-order valence-electron chi connectivity index (χ2n) is 5.46. The Morgan fingerprint density at radius 1 is 0.840 bits per heavy atom. The molecule has 0 radical (unpaired) electrons. The molecule has 2 aromatic carbocycles. The predicted molar refractivity (Wildman–Crippen MR) is 99.4 cm³/mol. The van der Waals surface area contributed by atoms with Gasteiger partial charge in [-0.15, -0.1) is 0 Å². The van der Waals surface area contributed by atoms with Gasteiger partial charge in [-0.1, -0.05) is 43.0 Å². The average molecular weight is 325 g/mol. The van der Waals surface area contributed by atoms with Gasteiger partial charge in [0.05, 0.1) is 11.3 Å². The molecule has 0 atom stereocenters. The van der Waals surface area contributed by atoms with Gasteiger partial charge in [0.2, 0.25) is 5.88 Å². The molecule has 0 spiro atoms. The number of hydrogen-bond donors (Lipinski definition) is 0. The van der Waals surface area contributed by atoms with Gasteiger partial charge in [-0.3, -0.25) is 0 Å². The van der Waals surface area contributed by atoms with Crippen LogP contribution in [-0.2, 0) is 0 Å². The number of hydrogen-bond acceptors (Lipinski definition) is 4. The summed E-state index contributed by atoms with van der Waals surface area (Å²) >= 11 is 0. The average Bonchev–Trinajstić information content (AvgIpc) is 2.69. The second kappa shape index (κ2) is 6.53. The molecule has 0 saturated carbocycles. The van der Waals surface area contributed by atoms with Crippen molar-refractivity contribution in [2.45, 2.75) is 0 Å². The standard InChI is InChI=1S/C21H15N3O/c1-2-15-9-10-20(17-7-4-3-6-16(15)17)25-21-18(8-5-12-23-21)19-11-13-22-14-24-19/h2-14H,1H2. The number of pyridine rings is 1. The zero-order valence-corrected chi connectivity index (χ0v) is 13.5. The van der Waals surface area contributed by atoms with Crippen molar-refractivity contribution < 1.29 is 4.74 Å². The minimum atomic E-state index is 0.512. The lowest BCUT2D eigenvalue weighted by Gasteiger charge is -2.12. The highest BCUT2D eigenvalue weighted by Gasteiger charge is 2.12. The fourth-order valence-corrected chi connectivity index (χ4v) is 2.78. The first-order valence-electron chi connectivity index (χ1n) is 7.90. The third-order valence-electron chi connectivity index (χ3n) is 3.97. The van der Waals surface area contributed by atoms with Crippen LogP contribution in [0.25, 0.3) is 28.1 Å². The van der Waals surface area contributed by atoms with E-state index in [4.69, 9.17) is 4.74 Å². The Morgan fingerprint density at radius 3 is 2.52 bits per heavy atom. The normalized spacial score (nSPS) is 10.6. The van der Waals surface area contributed by atoms with Gasteiger partial charge in [0.25, 0.3) is 0 Å². The van der Waals surface area contributed by atoms with Gasteiger partial charge >= 0.3 is 0 Å². The Hall–Kier alpha value is -3.53. The number of benzene rings is 2. The summed E-state index contributed by atoms with van der Waals surface area (Å²) in [5.41, 5.74) is 2.66. The number of fused-ring (bicyclic) bond motifs is 1. The van der Waals surface area contributed by atoms with Crippen molar-refractivity contribution in [3.63, 3.8) is 0 Å². The predicted octanol–water partition coefficient (Wildman–Crippen LogP) is 5.13. The van der Waals surface area contributed by atoms with Crippen LogP contribution in [0.4, 0.5) is 0 Å². The van der Waals surface area contributed by atoms with Crippen molar-refractivity contribution in [3.05, 3.63) is 85.5 Å². The van der Waals surface area contributed by atoms with Crippen LogP contribution in [0.15, 0.2) is 79.9 Å². The van der Waals surface area contributed by atoms with Crippen LogP contribution >= 0.6 is 0 Å². The molecule has 25 heavy (non-hydrogen) atoms. The Morgan fingerprint density at radius 2 is 1.72 bits per heavy atom. The molecule has 4 rings (SSSR count). The largest absolute Gasteiger partial charge is 0.438 e. The smallest absolute Gasteiger partial charge is 0.228 e. The van der Waals surface area contributed by atoms with E-state index in [2.05, 4.69) is 27.6 Å². The second-order valence-corrected chi connectivity index (χ2v) is 5.46. The number of nitrogens with zero attached hydrogens (tertiary/aromatic N) is 3. The van der Waals surface area contributed by atoms with E-state index in [-0.39, 0.29) is 0 Å². The first kappa shape index (κ1) is 15.0. The van der Waals surface area contributed by atoms with Gasteiger partial charge in [0.15, 0.2) is 0 Å². The van der Waals surface area contributed by atoms with Crippen molar-refractivity contribution in [2.75, 3.05) is 0 Å². The number of rotatable bonds is 4. The third kappa shape index (κ3) is 2.85. The Balaban J connectivity index is 1.83. The van der Waals surface area contributed by atoms with Gasteiger partial charge < -0.3 is 4.74 Å². The molecule has 0 aliphatic carbocycles. The molecule has 0 saturated heterocycles. The van der Waals surface area contributed by atoms with E-state index >= 15 is 0 Å².